The van der Waals surface area contributed by atoms with E-state index in [-0.39, 0.29) is 17.6 Å². The summed E-state index contributed by atoms with van der Waals surface area (Å²) in [5.74, 6) is 0.323. The van der Waals surface area contributed by atoms with E-state index >= 15 is 0 Å². The number of piperidine rings is 2. The average Bonchev–Trinajstić information content (AvgIpc) is 3.34. The van der Waals surface area contributed by atoms with Crippen molar-refractivity contribution < 1.29 is 14.0 Å². The molecule has 3 fully saturated rings. The highest BCUT2D eigenvalue weighted by atomic mass is 32.1. The molecule has 3 saturated heterocycles. The zero-order chi connectivity index (χ0) is 27.9. The van der Waals surface area contributed by atoms with Crippen molar-refractivity contribution >= 4 is 44.9 Å². The Morgan fingerprint density at radius 2 is 1.60 bits per heavy atom. The average molecular weight is 566 g/mol. The lowest BCUT2D eigenvalue weighted by atomic mass is 9.83. The van der Waals surface area contributed by atoms with Crippen molar-refractivity contribution in [2.24, 2.45) is 5.73 Å². The highest BCUT2D eigenvalue weighted by Crippen LogP contribution is 2.38. The van der Waals surface area contributed by atoms with Crippen LogP contribution >= 0.6 is 11.3 Å². The zero-order valence-corrected chi connectivity index (χ0v) is 23.8. The number of amides is 2. The molecule has 0 unspecified atom stereocenters. The molecule has 0 spiro atoms. The van der Waals surface area contributed by atoms with Gasteiger partial charge in [0, 0.05) is 39.3 Å². The van der Waals surface area contributed by atoms with Crippen LogP contribution in [0.2, 0.25) is 0 Å². The van der Waals surface area contributed by atoms with Crippen molar-refractivity contribution in [3.05, 3.63) is 46.9 Å². The maximum absolute atomic E-state index is 14.3. The Labute approximate surface area is 237 Å². The molecule has 0 saturated carbocycles. The van der Waals surface area contributed by atoms with E-state index in [4.69, 9.17) is 5.73 Å². The van der Waals surface area contributed by atoms with E-state index in [1.54, 1.807) is 12.4 Å². The third kappa shape index (κ3) is 4.68. The van der Waals surface area contributed by atoms with Gasteiger partial charge in [-0.2, -0.15) is 0 Å². The van der Waals surface area contributed by atoms with Crippen LogP contribution in [0.5, 0.6) is 0 Å². The molecular formula is C29H36FN7O2S. The Morgan fingerprint density at radius 1 is 0.925 bits per heavy atom. The fourth-order valence-electron chi connectivity index (χ4n) is 6.63. The number of piperazine rings is 1. The van der Waals surface area contributed by atoms with Crippen LogP contribution in [0.3, 0.4) is 0 Å². The summed E-state index contributed by atoms with van der Waals surface area (Å²) in [4.78, 5) is 45.4. The van der Waals surface area contributed by atoms with E-state index in [0.29, 0.717) is 62.7 Å². The third-order valence-electron chi connectivity index (χ3n) is 8.97. The maximum atomic E-state index is 14.3. The number of carbonyl (C=O) groups excluding carboxylic acids is 2. The van der Waals surface area contributed by atoms with Crippen molar-refractivity contribution in [1.29, 1.82) is 0 Å². The summed E-state index contributed by atoms with van der Waals surface area (Å²) in [6.45, 7) is 7.49. The second-order valence-electron chi connectivity index (χ2n) is 11.1. The molecule has 0 radical (unpaired) electrons. The molecule has 2 aromatic heterocycles. The number of carbonyl (C=O) groups is 2. The first-order valence-corrected chi connectivity index (χ1v) is 15.0. The quantitative estimate of drug-likeness (QED) is 0.506. The van der Waals surface area contributed by atoms with Crippen LogP contribution in [0.15, 0.2) is 30.6 Å². The topological polar surface area (TPSA) is 98.9 Å². The number of para-hydroxylation sites is 1. The molecule has 2 N–H and O–H groups in total. The highest BCUT2D eigenvalue weighted by molar-refractivity contribution is 7.20. The normalized spacial score (nSPS) is 20.2. The minimum Gasteiger partial charge on any atom is -0.368 e. The molecule has 5 heterocycles. The van der Waals surface area contributed by atoms with Gasteiger partial charge in [0.25, 0.3) is 5.91 Å². The van der Waals surface area contributed by atoms with Gasteiger partial charge in [0.1, 0.15) is 28.3 Å². The van der Waals surface area contributed by atoms with Crippen molar-refractivity contribution in [3.63, 3.8) is 0 Å². The molecule has 3 aliphatic heterocycles. The molecule has 40 heavy (non-hydrogen) atoms. The SMILES string of the molecule is Cc1c(C(=O)N2CCC(C(N)=O)(N3CCCCC3)CC2)sc2ncnc(N3CCN(c4ccccc4F)CC3)c12. The number of fused-ring (bicyclic) bond motifs is 1. The van der Waals surface area contributed by atoms with E-state index in [1.807, 2.05) is 24.0 Å². The summed E-state index contributed by atoms with van der Waals surface area (Å²) in [5, 5.41) is 0.909. The Morgan fingerprint density at radius 3 is 2.27 bits per heavy atom. The van der Waals surface area contributed by atoms with Gasteiger partial charge in [-0.05, 0) is 63.4 Å². The lowest BCUT2D eigenvalue weighted by Crippen LogP contribution is -2.63. The molecule has 6 rings (SSSR count). The van der Waals surface area contributed by atoms with E-state index in [2.05, 4.69) is 24.7 Å². The first-order chi connectivity index (χ1) is 19.4. The summed E-state index contributed by atoms with van der Waals surface area (Å²) < 4.78 is 14.3. The predicted octanol–water partition coefficient (Wildman–Crippen LogP) is 3.41. The van der Waals surface area contributed by atoms with Gasteiger partial charge in [0.05, 0.1) is 16.0 Å². The van der Waals surface area contributed by atoms with Gasteiger partial charge in [-0.25, -0.2) is 14.4 Å². The summed E-state index contributed by atoms with van der Waals surface area (Å²) in [6, 6.07) is 6.87. The number of aryl methyl sites for hydroxylation is 1. The highest BCUT2D eigenvalue weighted by Gasteiger charge is 2.46. The van der Waals surface area contributed by atoms with Crippen molar-refractivity contribution in [1.82, 2.24) is 19.8 Å². The molecule has 0 bridgehead atoms. The number of rotatable bonds is 5. The smallest absolute Gasteiger partial charge is 0.264 e. The molecule has 0 aliphatic carbocycles. The number of halogens is 1. The number of primary amides is 1. The Bertz CT molecular complexity index is 1410. The van der Waals surface area contributed by atoms with Crippen LogP contribution < -0.4 is 15.5 Å². The summed E-state index contributed by atoms with van der Waals surface area (Å²) in [7, 11) is 0. The Hall–Kier alpha value is -3.31. The third-order valence-corrected chi connectivity index (χ3v) is 10.2. The number of thiophene rings is 1. The van der Waals surface area contributed by atoms with Gasteiger partial charge in [-0.15, -0.1) is 11.3 Å². The summed E-state index contributed by atoms with van der Waals surface area (Å²) >= 11 is 1.41. The lowest BCUT2D eigenvalue weighted by molar-refractivity contribution is -0.134. The largest absolute Gasteiger partial charge is 0.368 e. The van der Waals surface area contributed by atoms with E-state index in [1.165, 1.54) is 23.8 Å². The second kappa shape index (κ2) is 10.9. The van der Waals surface area contributed by atoms with Gasteiger partial charge in [-0.1, -0.05) is 18.6 Å². The number of benzene rings is 1. The van der Waals surface area contributed by atoms with Crippen LogP contribution in [0.25, 0.3) is 10.2 Å². The molecule has 11 heteroatoms. The standard InChI is InChI=1S/C29H36FN7O2S/c1-20-23-25(35-17-15-34(16-18-35)22-8-4-3-7-21(22)30)32-19-33-26(23)40-24(20)27(38)36-13-9-29(10-14-36,28(31)39)37-11-5-2-6-12-37/h3-4,7-8,19H,2,5-6,9-18H2,1H3,(H2,31,39). The van der Waals surface area contributed by atoms with Crippen LogP contribution in [0.1, 0.15) is 47.3 Å². The lowest BCUT2D eigenvalue weighted by Gasteiger charge is -2.48. The number of anilines is 2. The molecule has 3 aliphatic rings. The van der Waals surface area contributed by atoms with E-state index < -0.39 is 5.54 Å². The van der Waals surface area contributed by atoms with Gasteiger partial charge < -0.3 is 20.4 Å². The zero-order valence-electron chi connectivity index (χ0n) is 22.9. The van der Waals surface area contributed by atoms with Gasteiger partial charge >= 0.3 is 0 Å². The number of likely N-dealkylation sites (tertiary alicyclic amines) is 2. The molecule has 212 valence electrons. The molecule has 1 aromatic carbocycles. The minimum atomic E-state index is -0.657. The van der Waals surface area contributed by atoms with Crippen molar-refractivity contribution in [2.45, 2.75) is 44.6 Å². The van der Waals surface area contributed by atoms with E-state index in [0.717, 1.165) is 47.5 Å². The van der Waals surface area contributed by atoms with E-state index in [9.17, 15) is 14.0 Å². The van der Waals surface area contributed by atoms with Crippen LogP contribution in [-0.4, -0.2) is 89.5 Å². The molecular weight excluding hydrogens is 529 g/mol. The van der Waals surface area contributed by atoms with Crippen LogP contribution in [0.4, 0.5) is 15.9 Å². The minimum absolute atomic E-state index is 0.0208. The molecule has 3 aromatic rings. The molecule has 2 amide bonds. The first kappa shape index (κ1) is 26.9. The number of nitrogens with zero attached hydrogens (tertiary/aromatic N) is 6. The fraction of sp³-hybridized carbons (Fsp3) is 0.517. The van der Waals surface area contributed by atoms with Crippen molar-refractivity contribution in [3.8, 4) is 0 Å². The molecule has 9 nitrogen and oxygen atoms in total. The number of aromatic nitrogens is 2. The summed E-state index contributed by atoms with van der Waals surface area (Å²) in [6.07, 6.45) is 6.05. The second-order valence-corrected chi connectivity index (χ2v) is 12.1. The number of hydrogen-bond donors (Lipinski definition) is 1. The number of hydrogen-bond acceptors (Lipinski definition) is 8. The number of nitrogens with two attached hydrogens (primary N) is 1. The summed E-state index contributed by atoms with van der Waals surface area (Å²) in [5.41, 5.74) is 6.81. The fourth-order valence-corrected chi connectivity index (χ4v) is 7.74. The Balaban J connectivity index is 1.19. The monoisotopic (exact) mass is 565 g/mol. The predicted molar refractivity (Wildman–Crippen MR) is 155 cm³/mol. The first-order valence-electron chi connectivity index (χ1n) is 14.2. The Kier molecular flexibility index (Phi) is 7.35. The van der Waals surface area contributed by atoms with Gasteiger partial charge in [0.15, 0.2) is 0 Å². The van der Waals surface area contributed by atoms with Crippen molar-refractivity contribution in [2.75, 3.05) is 62.2 Å². The molecule has 0 atom stereocenters. The van der Waals surface area contributed by atoms with Gasteiger partial charge in [-0.3, -0.25) is 14.5 Å². The van der Waals surface area contributed by atoms with Crippen LogP contribution in [-0.2, 0) is 4.79 Å². The maximum Gasteiger partial charge on any atom is 0.264 e. The van der Waals surface area contributed by atoms with Crippen LogP contribution in [0, 0.1) is 12.7 Å². The van der Waals surface area contributed by atoms with Gasteiger partial charge in [0.2, 0.25) is 5.91 Å².